The maximum atomic E-state index is 13.0. The van der Waals surface area contributed by atoms with Crippen LogP contribution in [-0.2, 0) is 23.1 Å². The third-order valence-corrected chi connectivity index (χ3v) is 7.50. The Morgan fingerprint density at radius 3 is 2.47 bits per heavy atom. The third-order valence-electron chi connectivity index (χ3n) is 7.50. The molecule has 1 atom stereocenters. The van der Waals surface area contributed by atoms with Gasteiger partial charge in [-0.2, -0.15) is 8.78 Å². The zero-order chi connectivity index (χ0) is 30.9. The van der Waals surface area contributed by atoms with Gasteiger partial charge < -0.3 is 19.3 Å². The molecule has 0 radical (unpaired) electrons. The molecule has 0 N–H and O–H groups in total. The summed E-state index contributed by atoms with van der Waals surface area (Å²) in [6, 6.07) is 12.0. The molecule has 1 fully saturated rings. The fourth-order valence-corrected chi connectivity index (χ4v) is 5.25. The van der Waals surface area contributed by atoms with Crippen molar-refractivity contribution >= 4 is 22.8 Å². The normalized spacial score (nSPS) is 15.9. The van der Waals surface area contributed by atoms with Crippen LogP contribution in [0.1, 0.15) is 33.3 Å². The van der Waals surface area contributed by atoms with E-state index in [-0.39, 0.29) is 42.0 Å². The molecule has 43 heavy (non-hydrogen) atoms. The molecule has 1 saturated heterocycles. The summed E-state index contributed by atoms with van der Waals surface area (Å²) in [6.45, 7) is 6.78. The van der Waals surface area contributed by atoms with Crippen molar-refractivity contribution in [2.75, 3.05) is 31.1 Å². The number of fused-ring (bicyclic) bond motifs is 1. The number of hydrogen-bond acceptors (Lipinski definition) is 7. The maximum Gasteiger partial charge on any atom is 0.387 e. The highest BCUT2D eigenvalue weighted by Gasteiger charge is 2.29. The molecule has 4 aromatic rings. The second kappa shape index (κ2) is 12.1. The lowest BCUT2D eigenvalue weighted by Gasteiger charge is -2.40. The van der Waals surface area contributed by atoms with Crippen molar-refractivity contribution in [3.05, 3.63) is 70.8 Å². The van der Waals surface area contributed by atoms with Gasteiger partial charge in [-0.05, 0) is 51.5 Å². The van der Waals surface area contributed by atoms with Crippen molar-refractivity contribution < 1.29 is 23.0 Å². The van der Waals surface area contributed by atoms with E-state index in [1.54, 1.807) is 48.4 Å². The second-order valence-electron chi connectivity index (χ2n) is 11.7. The van der Waals surface area contributed by atoms with Crippen LogP contribution < -0.4 is 15.2 Å². The van der Waals surface area contributed by atoms with E-state index in [4.69, 9.17) is 9.47 Å². The van der Waals surface area contributed by atoms with Crippen LogP contribution in [0, 0.1) is 0 Å². The molecule has 2 aromatic heterocycles. The molecular weight excluding hydrogens is 558 g/mol. The number of carbonyl (C=O) groups excluding carboxylic acids is 1. The molecular formula is C31H36F2N6O4. The molecule has 5 rings (SSSR count). The molecule has 1 amide bonds. The van der Waals surface area contributed by atoms with Crippen LogP contribution in [0.15, 0.2) is 59.7 Å². The topological polar surface area (TPSA) is 94.7 Å². The standard InChI is InChI=1S/C31H36F2N6O4/c1-20-17-37(12-13-38(20)27(40)19-42-31(2,3)4)30-34-15-23(16-35-30)21-10-11-24-25(14-21)39(36(5)28(24)41)18-22-8-6-7-9-26(22)43-29(32)33/h6-11,14-16,20,29H,12-13,17-19H2,1-5H3/t20-/m1/s1. The predicted octanol–water partition coefficient (Wildman–Crippen LogP) is 4.30. The number of benzene rings is 2. The number of nitrogens with zero attached hydrogens (tertiary/aromatic N) is 6. The first-order chi connectivity index (χ1) is 20.4. The number of carbonyl (C=O) groups is 1. The average molecular weight is 595 g/mol. The quantitative estimate of drug-likeness (QED) is 0.300. The summed E-state index contributed by atoms with van der Waals surface area (Å²) < 4.78 is 39.5. The number of aromatic nitrogens is 4. The monoisotopic (exact) mass is 594 g/mol. The first-order valence-electron chi connectivity index (χ1n) is 14.1. The second-order valence-corrected chi connectivity index (χ2v) is 11.7. The van der Waals surface area contributed by atoms with E-state index in [0.29, 0.717) is 42.0 Å². The van der Waals surface area contributed by atoms with E-state index in [0.717, 1.165) is 11.1 Å². The minimum absolute atomic E-state index is 0.0264. The number of para-hydroxylation sites is 1. The van der Waals surface area contributed by atoms with Gasteiger partial charge in [0.2, 0.25) is 11.9 Å². The van der Waals surface area contributed by atoms with Crippen LogP contribution in [0.4, 0.5) is 14.7 Å². The van der Waals surface area contributed by atoms with E-state index in [1.165, 1.54) is 10.7 Å². The van der Waals surface area contributed by atoms with Crippen LogP contribution in [0.2, 0.25) is 0 Å². The van der Waals surface area contributed by atoms with Crippen molar-refractivity contribution in [2.24, 2.45) is 7.05 Å². The van der Waals surface area contributed by atoms with E-state index >= 15 is 0 Å². The predicted molar refractivity (Wildman–Crippen MR) is 159 cm³/mol. The lowest BCUT2D eigenvalue weighted by Crippen LogP contribution is -2.55. The Bertz CT molecular complexity index is 1660. The summed E-state index contributed by atoms with van der Waals surface area (Å²) in [4.78, 5) is 38.8. The van der Waals surface area contributed by atoms with E-state index in [9.17, 15) is 18.4 Å². The van der Waals surface area contributed by atoms with Crippen molar-refractivity contribution in [1.29, 1.82) is 0 Å². The fourth-order valence-electron chi connectivity index (χ4n) is 5.25. The number of halogens is 2. The lowest BCUT2D eigenvalue weighted by molar-refractivity contribution is -0.143. The minimum Gasteiger partial charge on any atom is -0.434 e. The maximum absolute atomic E-state index is 13.0. The van der Waals surface area contributed by atoms with Gasteiger partial charge in [0.25, 0.3) is 5.56 Å². The molecule has 10 nitrogen and oxygen atoms in total. The minimum atomic E-state index is -2.96. The Morgan fingerprint density at radius 2 is 1.79 bits per heavy atom. The molecule has 12 heteroatoms. The van der Waals surface area contributed by atoms with Gasteiger partial charge in [-0.25, -0.2) is 9.97 Å². The highest BCUT2D eigenvalue weighted by atomic mass is 19.3. The molecule has 0 spiro atoms. The zero-order valence-electron chi connectivity index (χ0n) is 25.0. The summed E-state index contributed by atoms with van der Waals surface area (Å²) in [6.07, 6.45) is 3.47. The summed E-state index contributed by atoms with van der Waals surface area (Å²) in [5.41, 5.74) is 2.15. The largest absolute Gasteiger partial charge is 0.434 e. The van der Waals surface area contributed by atoms with Crippen LogP contribution in [-0.4, -0.2) is 74.6 Å². The smallest absolute Gasteiger partial charge is 0.387 e. The Labute approximate surface area is 248 Å². The SMILES string of the molecule is C[C@@H]1CN(c2ncc(-c3ccc4c(=O)n(C)n(Cc5ccccc5OC(F)F)c4c3)cn2)CCN1C(=O)COC(C)(C)C. The van der Waals surface area contributed by atoms with Crippen LogP contribution >= 0.6 is 0 Å². The first-order valence-corrected chi connectivity index (χ1v) is 14.1. The number of hydrogen-bond donors (Lipinski definition) is 0. The number of piperazine rings is 1. The van der Waals surface area contributed by atoms with Gasteiger partial charge in [-0.15, -0.1) is 0 Å². The van der Waals surface area contributed by atoms with Crippen molar-refractivity contribution in [3.8, 4) is 16.9 Å². The highest BCUT2D eigenvalue weighted by molar-refractivity contribution is 5.84. The van der Waals surface area contributed by atoms with Gasteiger partial charge in [0, 0.05) is 56.2 Å². The molecule has 228 valence electrons. The molecule has 3 heterocycles. The summed E-state index contributed by atoms with van der Waals surface area (Å²) in [5.74, 6) is 0.602. The van der Waals surface area contributed by atoms with Crippen LogP contribution in [0.25, 0.3) is 22.0 Å². The molecule has 2 aromatic carbocycles. The number of rotatable bonds is 8. The molecule has 0 unspecified atom stereocenters. The van der Waals surface area contributed by atoms with Gasteiger partial charge in [-0.1, -0.05) is 24.3 Å². The van der Waals surface area contributed by atoms with Gasteiger partial charge >= 0.3 is 6.61 Å². The van der Waals surface area contributed by atoms with Gasteiger partial charge in [0.05, 0.1) is 23.0 Å². The van der Waals surface area contributed by atoms with Gasteiger partial charge in [-0.3, -0.25) is 19.0 Å². The first kappa shape index (κ1) is 30.1. The number of alkyl halides is 2. The Kier molecular flexibility index (Phi) is 8.50. The lowest BCUT2D eigenvalue weighted by atomic mass is 10.1. The van der Waals surface area contributed by atoms with Crippen molar-refractivity contribution in [2.45, 2.75) is 52.5 Å². The molecule has 1 aliphatic rings. The molecule has 0 saturated carbocycles. The van der Waals surface area contributed by atoms with Crippen molar-refractivity contribution in [3.63, 3.8) is 0 Å². The fraction of sp³-hybridized carbons (Fsp3) is 0.419. The molecule has 1 aliphatic heterocycles. The summed E-state index contributed by atoms with van der Waals surface area (Å²) in [7, 11) is 1.64. The van der Waals surface area contributed by atoms with Crippen LogP contribution in [0.3, 0.4) is 0 Å². The van der Waals surface area contributed by atoms with E-state index < -0.39 is 6.61 Å². The number of amides is 1. The van der Waals surface area contributed by atoms with Gasteiger partial charge in [0.15, 0.2) is 0 Å². The Morgan fingerprint density at radius 1 is 1.07 bits per heavy atom. The van der Waals surface area contributed by atoms with E-state index in [2.05, 4.69) is 14.9 Å². The highest BCUT2D eigenvalue weighted by Crippen LogP contribution is 2.27. The Hall–Kier alpha value is -4.32. The van der Waals surface area contributed by atoms with Crippen molar-refractivity contribution in [1.82, 2.24) is 24.2 Å². The van der Waals surface area contributed by atoms with Crippen LogP contribution in [0.5, 0.6) is 5.75 Å². The summed E-state index contributed by atoms with van der Waals surface area (Å²) in [5, 5.41) is 0.505. The molecule has 0 bridgehead atoms. The van der Waals surface area contributed by atoms with Gasteiger partial charge in [0.1, 0.15) is 12.4 Å². The third kappa shape index (κ3) is 6.69. The Balaban J connectivity index is 1.34. The summed E-state index contributed by atoms with van der Waals surface area (Å²) >= 11 is 0. The number of ether oxygens (including phenoxy) is 2. The average Bonchev–Trinajstić information content (AvgIpc) is 3.20. The molecule has 0 aliphatic carbocycles. The zero-order valence-corrected chi connectivity index (χ0v) is 25.0. The van der Waals surface area contributed by atoms with E-state index in [1.807, 2.05) is 44.7 Å². The number of anilines is 1.